The Bertz CT molecular complexity index is 1040. The summed E-state index contributed by atoms with van der Waals surface area (Å²) in [4.78, 5) is 24.8. The van der Waals surface area contributed by atoms with Crippen LogP contribution < -0.4 is 9.47 Å². The number of hydrogen-bond acceptors (Lipinski definition) is 6. The Hall–Kier alpha value is -3.68. The molecule has 7 heteroatoms. The van der Waals surface area contributed by atoms with Gasteiger partial charge < -0.3 is 29.0 Å². The van der Waals surface area contributed by atoms with E-state index in [1.54, 1.807) is 14.2 Å². The number of aliphatic hydroxyl groups is 1. The minimum atomic E-state index is -0.990. The Labute approximate surface area is 212 Å². The second-order valence-corrected chi connectivity index (χ2v) is 8.16. The number of ether oxygens (including phenoxy) is 3. The molecule has 0 aliphatic heterocycles. The molecule has 0 atom stereocenters. The molecule has 0 aromatic heterocycles. The molecule has 0 bridgehead atoms. The maximum Gasteiger partial charge on any atom is 0.223 e. The van der Waals surface area contributed by atoms with Crippen LogP contribution in [0.15, 0.2) is 78.9 Å². The molecule has 190 valence electrons. The van der Waals surface area contributed by atoms with E-state index in [4.69, 9.17) is 14.2 Å². The number of nitrogens with zero attached hydrogens (tertiary/aromatic N) is 1. The van der Waals surface area contributed by atoms with Crippen molar-refractivity contribution in [1.82, 2.24) is 4.90 Å². The Kier molecular flexibility index (Phi) is 10.0. The molecule has 3 aromatic rings. The van der Waals surface area contributed by atoms with Crippen molar-refractivity contribution in [2.24, 2.45) is 0 Å². The van der Waals surface area contributed by atoms with E-state index in [-0.39, 0.29) is 45.1 Å². The fourth-order valence-electron chi connectivity index (χ4n) is 4.21. The number of carbonyl (C=O) groups is 2. The zero-order valence-electron chi connectivity index (χ0n) is 20.8. The molecule has 0 radical (unpaired) electrons. The van der Waals surface area contributed by atoms with E-state index >= 15 is 0 Å². The highest BCUT2D eigenvalue weighted by Gasteiger charge is 2.38. The van der Waals surface area contributed by atoms with Crippen LogP contribution in [0, 0.1) is 0 Å². The molecule has 0 aliphatic rings. The molecule has 0 aliphatic carbocycles. The van der Waals surface area contributed by atoms with Crippen LogP contribution in [0.5, 0.6) is 11.5 Å². The van der Waals surface area contributed by atoms with Gasteiger partial charge in [0.05, 0.1) is 27.4 Å². The number of carbonyl (C=O) groups excluding carboxylic acids is 2. The zero-order valence-corrected chi connectivity index (χ0v) is 20.8. The Balaban J connectivity index is 2.04. The Morgan fingerprint density at radius 3 is 1.83 bits per heavy atom. The molecule has 1 N–H and O–H groups in total. The highest BCUT2D eigenvalue weighted by molar-refractivity contribution is 5.78. The predicted octanol–water partition coefficient (Wildman–Crippen LogP) is 3.81. The SMILES string of the molecule is COc1ccc(C(OCCN(CCO)C(=O)CCC=O)(c2ccccc2)c2ccc(OC)cc2)cc1. The molecule has 7 nitrogen and oxygen atoms in total. The predicted molar refractivity (Wildman–Crippen MR) is 137 cm³/mol. The number of aldehydes is 1. The van der Waals surface area contributed by atoms with Gasteiger partial charge in [-0.1, -0.05) is 54.6 Å². The smallest absolute Gasteiger partial charge is 0.223 e. The molecule has 0 fully saturated rings. The third-order valence-corrected chi connectivity index (χ3v) is 6.05. The largest absolute Gasteiger partial charge is 0.497 e. The summed E-state index contributed by atoms with van der Waals surface area (Å²) in [5, 5.41) is 9.47. The van der Waals surface area contributed by atoms with E-state index < -0.39 is 5.60 Å². The maximum atomic E-state index is 12.6. The summed E-state index contributed by atoms with van der Waals surface area (Å²) < 4.78 is 17.5. The third-order valence-electron chi connectivity index (χ3n) is 6.05. The van der Waals surface area contributed by atoms with Gasteiger partial charge in [-0.3, -0.25) is 4.79 Å². The number of amides is 1. The summed E-state index contributed by atoms with van der Waals surface area (Å²) in [5.41, 5.74) is 1.71. The average Bonchev–Trinajstić information content (AvgIpc) is 2.94. The first-order valence-corrected chi connectivity index (χ1v) is 11.9. The number of hydrogen-bond donors (Lipinski definition) is 1. The Morgan fingerprint density at radius 1 is 0.833 bits per heavy atom. The van der Waals surface area contributed by atoms with E-state index in [0.29, 0.717) is 0 Å². The summed E-state index contributed by atoms with van der Waals surface area (Å²) in [6.45, 7) is 0.455. The van der Waals surface area contributed by atoms with Gasteiger partial charge in [0.1, 0.15) is 23.4 Å². The van der Waals surface area contributed by atoms with Crippen LogP contribution >= 0.6 is 0 Å². The van der Waals surface area contributed by atoms with Crippen LogP contribution in [-0.2, 0) is 19.9 Å². The van der Waals surface area contributed by atoms with Crippen molar-refractivity contribution in [2.45, 2.75) is 18.4 Å². The summed E-state index contributed by atoms with van der Waals surface area (Å²) in [6, 6.07) is 25.3. The van der Waals surface area contributed by atoms with Crippen molar-refractivity contribution in [3.63, 3.8) is 0 Å². The number of methoxy groups -OCH3 is 2. The topological polar surface area (TPSA) is 85.3 Å². The van der Waals surface area contributed by atoms with E-state index in [9.17, 15) is 14.7 Å². The van der Waals surface area contributed by atoms with Gasteiger partial charge in [-0.15, -0.1) is 0 Å². The highest BCUT2D eigenvalue weighted by Crippen LogP contribution is 2.41. The molecule has 3 aromatic carbocycles. The molecule has 0 spiro atoms. The molecule has 0 saturated heterocycles. The van der Waals surface area contributed by atoms with Crippen molar-refractivity contribution in [1.29, 1.82) is 0 Å². The first-order valence-electron chi connectivity index (χ1n) is 11.9. The first kappa shape index (κ1) is 26.9. The van der Waals surface area contributed by atoms with Crippen LogP contribution in [0.2, 0.25) is 0 Å². The summed E-state index contributed by atoms with van der Waals surface area (Å²) >= 11 is 0. The van der Waals surface area contributed by atoms with Gasteiger partial charge in [-0.25, -0.2) is 0 Å². The van der Waals surface area contributed by atoms with Crippen LogP contribution in [-0.4, -0.2) is 62.7 Å². The van der Waals surface area contributed by atoms with Crippen LogP contribution in [0.1, 0.15) is 29.5 Å². The van der Waals surface area contributed by atoms with Crippen molar-refractivity contribution in [3.8, 4) is 11.5 Å². The van der Waals surface area contributed by atoms with Crippen molar-refractivity contribution in [2.75, 3.05) is 40.5 Å². The fourth-order valence-corrected chi connectivity index (χ4v) is 4.21. The zero-order chi connectivity index (χ0) is 25.8. The van der Waals surface area contributed by atoms with Gasteiger partial charge in [-0.05, 0) is 41.0 Å². The first-order chi connectivity index (χ1) is 17.6. The number of rotatable bonds is 14. The number of aliphatic hydroxyl groups excluding tert-OH is 1. The average molecular weight is 492 g/mol. The lowest BCUT2D eigenvalue weighted by atomic mass is 9.80. The van der Waals surface area contributed by atoms with E-state index in [2.05, 4.69) is 0 Å². The van der Waals surface area contributed by atoms with Gasteiger partial charge in [0, 0.05) is 25.9 Å². The van der Waals surface area contributed by atoms with Crippen LogP contribution in [0.3, 0.4) is 0 Å². The minimum Gasteiger partial charge on any atom is -0.497 e. The molecule has 0 saturated carbocycles. The molecule has 36 heavy (non-hydrogen) atoms. The molecule has 0 unspecified atom stereocenters. The lowest BCUT2D eigenvalue weighted by Crippen LogP contribution is -2.39. The van der Waals surface area contributed by atoms with Crippen molar-refractivity contribution >= 4 is 12.2 Å². The summed E-state index contributed by atoms with van der Waals surface area (Å²) in [5.74, 6) is 1.26. The van der Waals surface area contributed by atoms with E-state index in [0.717, 1.165) is 34.5 Å². The quantitative estimate of drug-likeness (QED) is 0.273. The standard InChI is InChI=1S/C29H33NO6/c1-34-26-14-10-24(11-15-26)29(23-7-4-3-5-8-23,25-12-16-27(35-2)17-13-25)36-22-19-30(18-21-32)28(33)9-6-20-31/h3-5,7-8,10-17,20,32H,6,9,18-19,21-22H2,1-2H3. The van der Waals surface area contributed by atoms with Crippen LogP contribution in [0.4, 0.5) is 0 Å². The number of benzene rings is 3. The second-order valence-electron chi connectivity index (χ2n) is 8.16. The third kappa shape index (κ3) is 6.30. The van der Waals surface area contributed by atoms with Gasteiger partial charge in [0.2, 0.25) is 5.91 Å². The van der Waals surface area contributed by atoms with Crippen molar-refractivity contribution < 1.29 is 28.9 Å². The molecule has 1 amide bonds. The fraction of sp³-hybridized carbons (Fsp3) is 0.310. The second kappa shape index (κ2) is 13.4. The van der Waals surface area contributed by atoms with Gasteiger partial charge >= 0.3 is 0 Å². The molecule has 0 heterocycles. The lowest BCUT2D eigenvalue weighted by Gasteiger charge is -2.37. The summed E-state index contributed by atoms with van der Waals surface area (Å²) in [7, 11) is 3.24. The Morgan fingerprint density at radius 2 is 1.36 bits per heavy atom. The summed E-state index contributed by atoms with van der Waals surface area (Å²) in [6.07, 6.45) is 0.969. The highest BCUT2D eigenvalue weighted by atomic mass is 16.5. The minimum absolute atomic E-state index is 0.101. The molecular weight excluding hydrogens is 458 g/mol. The normalized spacial score (nSPS) is 11.1. The van der Waals surface area contributed by atoms with Crippen molar-refractivity contribution in [3.05, 3.63) is 95.6 Å². The van der Waals surface area contributed by atoms with Crippen LogP contribution in [0.25, 0.3) is 0 Å². The molecule has 3 rings (SSSR count). The lowest BCUT2D eigenvalue weighted by molar-refractivity contribution is -0.134. The van der Waals surface area contributed by atoms with Gasteiger partial charge in [0.25, 0.3) is 0 Å². The monoisotopic (exact) mass is 491 g/mol. The van der Waals surface area contributed by atoms with E-state index in [1.807, 2.05) is 78.9 Å². The molecular formula is C29H33NO6. The maximum absolute atomic E-state index is 12.6. The van der Waals surface area contributed by atoms with Gasteiger partial charge in [-0.2, -0.15) is 0 Å². The van der Waals surface area contributed by atoms with Gasteiger partial charge in [0.15, 0.2) is 0 Å². The van der Waals surface area contributed by atoms with E-state index in [1.165, 1.54) is 4.90 Å².